The third-order valence-electron chi connectivity index (χ3n) is 3.02. The van der Waals surface area contributed by atoms with Gasteiger partial charge in [0.25, 0.3) is 0 Å². The van der Waals surface area contributed by atoms with Crippen molar-refractivity contribution in [2.75, 3.05) is 0 Å². The zero-order chi connectivity index (χ0) is 13.9. The number of para-hydroxylation sites is 2. The molecule has 0 saturated carbocycles. The highest BCUT2D eigenvalue weighted by Gasteiger charge is 2.13. The van der Waals surface area contributed by atoms with Crippen LogP contribution in [0.1, 0.15) is 5.82 Å². The molecule has 0 unspecified atom stereocenters. The Morgan fingerprint density at radius 2 is 1.95 bits per heavy atom. The molecule has 0 saturated heterocycles. The number of hydrogen-bond acceptors (Lipinski definition) is 4. The fraction of sp³-hybridized carbons (Fsp3) is 0.0714. The predicted molar refractivity (Wildman–Crippen MR) is 76.0 cm³/mol. The number of rotatable bonds is 3. The zero-order valence-electron chi connectivity index (χ0n) is 10.6. The quantitative estimate of drug-likeness (QED) is 0.327. The Morgan fingerprint density at radius 3 is 2.70 bits per heavy atom. The van der Waals surface area contributed by atoms with Crippen molar-refractivity contribution in [2.45, 2.75) is 6.42 Å². The first-order valence-electron chi connectivity index (χ1n) is 6.13. The van der Waals surface area contributed by atoms with E-state index in [0.717, 1.165) is 16.7 Å². The van der Waals surface area contributed by atoms with Crippen LogP contribution >= 0.6 is 0 Å². The van der Waals surface area contributed by atoms with Crippen LogP contribution in [0.2, 0.25) is 0 Å². The summed E-state index contributed by atoms with van der Waals surface area (Å²) in [7, 11) is 0. The van der Waals surface area contributed by atoms with E-state index in [4.69, 9.17) is 10.9 Å². The molecule has 0 fully saturated rings. The minimum absolute atomic E-state index is 0.121. The van der Waals surface area contributed by atoms with E-state index in [9.17, 15) is 0 Å². The van der Waals surface area contributed by atoms with Gasteiger partial charge in [-0.05, 0) is 24.3 Å². The Bertz CT molecular complexity index is 764. The molecule has 20 heavy (non-hydrogen) atoms. The summed E-state index contributed by atoms with van der Waals surface area (Å²) in [6, 6.07) is 11.6. The number of aromatic nitrogens is 3. The van der Waals surface area contributed by atoms with Gasteiger partial charge in [-0.25, -0.2) is 4.98 Å². The first-order valence-corrected chi connectivity index (χ1v) is 6.13. The molecule has 0 spiro atoms. The molecule has 6 nitrogen and oxygen atoms in total. The maximum atomic E-state index is 8.75. The molecule has 0 aliphatic heterocycles. The van der Waals surface area contributed by atoms with Crippen LogP contribution in [0, 0.1) is 0 Å². The van der Waals surface area contributed by atoms with Crippen molar-refractivity contribution in [2.24, 2.45) is 10.9 Å². The van der Waals surface area contributed by atoms with Crippen LogP contribution in [-0.4, -0.2) is 25.6 Å². The molecule has 2 heterocycles. The number of fused-ring (bicyclic) bond motifs is 1. The molecule has 6 heteroatoms. The SMILES string of the molecule is NC(Cc1nc2ccccc2n1-c1ccncc1)=NO. The summed E-state index contributed by atoms with van der Waals surface area (Å²) in [5.41, 5.74) is 8.38. The molecule has 3 aromatic rings. The number of imidazole rings is 1. The van der Waals surface area contributed by atoms with Crippen molar-refractivity contribution >= 4 is 16.9 Å². The maximum Gasteiger partial charge on any atom is 0.146 e. The molecular weight excluding hydrogens is 254 g/mol. The Morgan fingerprint density at radius 1 is 1.20 bits per heavy atom. The van der Waals surface area contributed by atoms with Gasteiger partial charge < -0.3 is 10.9 Å². The average Bonchev–Trinajstić information content (AvgIpc) is 2.85. The van der Waals surface area contributed by atoms with E-state index in [1.54, 1.807) is 12.4 Å². The molecule has 3 rings (SSSR count). The van der Waals surface area contributed by atoms with Crippen molar-refractivity contribution in [1.82, 2.24) is 14.5 Å². The normalized spacial score (nSPS) is 11.9. The van der Waals surface area contributed by atoms with Gasteiger partial charge in [-0.1, -0.05) is 17.3 Å². The first-order chi connectivity index (χ1) is 9.79. The molecule has 2 aromatic heterocycles. The fourth-order valence-electron chi connectivity index (χ4n) is 2.17. The number of pyridine rings is 1. The molecule has 0 radical (unpaired) electrons. The number of nitrogens with two attached hydrogens (primary N) is 1. The second-order valence-corrected chi connectivity index (χ2v) is 4.33. The van der Waals surface area contributed by atoms with Crippen molar-refractivity contribution in [1.29, 1.82) is 0 Å². The number of oxime groups is 1. The number of amidine groups is 1. The van der Waals surface area contributed by atoms with Gasteiger partial charge in [0.1, 0.15) is 11.7 Å². The van der Waals surface area contributed by atoms with Crippen molar-refractivity contribution < 1.29 is 5.21 Å². The zero-order valence-corrected chi connectivity index (χ0v) is 10.6. The third kappa shape index (κ3) is 2.07. The van der Waals surface area contributed by atoms with Crippen molar-refractivity contribution in [3.8, 4) is 5.69 Å². The molecule has 1 aromatic carbocycles. The summed E-state index contributed by atoms with van der Waals surface area (Å²) in [5, 5.41) is 11.8. The highest BCUT2D eigenvalue weighted by atomic mass is 16.4. The minimum Gasteiger partial charge on any atom is -0.409 e. The van der Waals surface area contributed by atoms with Gasteiger partial charge in [0.05, 0.1) is 23.1 Å². The van der Waals surface area contributed by atoms with Gasteiger partial charge >= 0.3 is 0 Å². The summed E-state index contributed by atoms with van der Waals surface area (Å²) in [6.45, 7) is 0. The van der Waals surface area contributed by atoms with Crippen molar-refractivity contribution in [3.63, 3.8) is 0 Å². The van der Waals surface area contributed by atoms with Crippen LogP contribution in [0.3, 0.4) is 0 Å². The Labute approximate surface area is 115 Å². The van der Waals surface area contributed by atoms with Crippen LogP contribution in [0.5, 0.6) is 0 Å². The minimum atomic E-state index is 0.121. The van der Waals surface area contributed by atoms with E-state index in [2.05, 4.69) is 15.1 Å². The lowest BCUT2D eigenvalue weighted by molar-refractivity contribution is 0.317. The van der Waals surface area contributed by atoms with E-state index >= 15 is 0 Å². The van der Waals surface area contributed by atoms with Crippen LogP contribution in [0.15, 0.2) is 53.9 Å². The molecule has 0 aliphatic carbocycles. The van der Waals surface area contributed by atoms with Gasteiger partial charge in [-0.15, -0.1) is 0 Å². The topological polar surface area (TPSA) is 89.3 Å². The van der Waals surface area contributed by atoms with Crippen LogP contribution in [-0.2, 0) is 6.42 Å². The maximum absolute atomic E-state index is 8.75. The molecule has 3 N–H and O–H groups in total. The largest absolute Gasteiger partial charge is 0.409 e. The Balaban J connectivity index is 2.23. The molecular formula is C14H13N5O. The Kier molecular flexibility index (Phi) is 3.04. The monoisotopic (exact) mass is 267 g/mol. The summed E-state index contributed by atoms with van der Waals surface area (Å²) in [5.74, 6) is 0.836. The summed E-state index contributed by atoms with van der Waals surface area (Å²) >= 11 is 0. The summed E-state index contributed by atoms with van der Waals surface area (Å²) in [4.78, 5) is 8.57. The first kappa shape index (κ1) is 12.2. The summed E-state index contributed by atoms with van der Waals surface area (Å²) in [6.07, 6.45) is 3.71. The molecule has 100 valence electrons. The fourth-order valence-corrected chi connectivity index (χ4v) is 2.17. The number of hydrogen-bond donors (Lipinski definition) is 2. The molecule has 0 amide bonds. The van der Waals surface area contributed by atoms with E-state index < -0.39 is 0 Å². The average molecular weight is 267 g/mol. The third-order valence-corrected chi connectivity index (χ3v) is 3.02. The number of nitrogens with zero attached hydrogens (tertiary/aromatic N) is 4. The predicted octanol–water partition coefficient (Wildman–Crippen LogP) is 1.71. The standard InChI is InChI=1S/C14H13N5O/c15-13(18-20)9-14-17-11-3-1-2-4-12(11)19(14)10-5-7-16-8-6-10/h1-8,20H,9H2,(H2,15,18). The van der Waals surface area contributed by atoms with Crippen molar-refractivity contribution in [3.05, 3.63) is 54.6 Å². The lowest BCUT2D eigenvalue weighted by Crippen LogP contribution is -2.17. The lowest BCUT2D eigenvalue weighted by Gasteiger charge is -2.08. The second kappa shape index (κ2) is 5.00. The molecule has 0 atom stereocenters. The van der Waals surface area contributed by atoms with Crippen LogP contribution in [0.25, 0.3) is 16.7 Å². The number of benzene rings is 1. The van der Waals surface area contributed by atoms with E-state index in [1.165, 1.54) is 0 Å². The highest BCUT2D eigenvalue weighted by molar-refractivity contribution is 5.84. The van der Waals surface area contributed by atoms with Crippen LogP contribution in [0.4, 0.5) is 0 Å². The van der Waals surface area contributed by atoms with E-state index in [0.29, 0.717) is 5.82 Å². The smallest absolute Gasteiger partial charge is 0.146 e. The van der Waals surface area contributed by atoms with Gasteiger partial charge in [-0.2, -0.15) is 0 Å². The second-order valence-electron chi connectivity index (χ2n) is 4.33. The molecule has 0 bridgehead atoms. The Hall–Kier alpha value is -2.89. The lowest BCUT2D eigenvalue weighted by atomic mass is 10.3. The van der Waals surface area contributed by atoms with Gasteiger partial charge in [0.2, 0.25) is 0 Å². The van der Waals surface area contributed by atoms with E-state index in [-0.39, 0.29) is 12.3 Å². The van der Waals surface area contributed by atoms with Gasteiger partial charge in [0, 0.05) is 12.4 Å². The van der Waals surface area contributed by atoms with E-state index in [1.807, 2.05) is 41.0 Å². The van der Waals surface area contributed by atoms with Gasteiger partial charge in [-0.3, -0.25) is 9.55 Å². The van der Waals surface area contributed by atoms with Crippen LogP contribution < -0.4 is 5.73 Å². The highest BCUT2D eigenvalue weighted by Crippen LogP contribution is 2.21. The summed E-state index contributed by atoms with van der Waals surface area (Å²) < 4.78 is 1.98. The molecule has 0 aliphatic rings. The van der Waals surface area contributed by atoms with Gasteiger partial charge in [0.15, 0.2) is 0 Å².